The van der Waals surface area contributed by atoms with Gasteiger partial charge in [0, 0.05) is 13.2 Å². The van der Waals surface area contributed by atoms with Gasteiger partial charge in [-0.2, -0.15) is 5.10 Å². The van der Waals surface area contributed by atoms with Gasteiger partial charge in [-0.25, -0.2) is 0 Å². The minimum Gasteiger partial charge on any atom is -0.395 e. The summed E-state index contributed by atoms with van der Waals surface area (Å²) < 4.78 is 2.53. The molecule has 7 heteroatoms. The largest absolute Gasteiger partial charge is 0.395 e. The zero-order chi connectivity index (χ0) is 9.26. The molecule has 0 fully saturated rings. The van der Waals surface area contributed by atoms with E-state index < -0.39 is 0 Å². The number of aryl methyl sites for hydroxylation is 1. The molecule has 2 rings (SSSR count). The lowest BCUT2D eigenvalue weighted by Crippen LogP contribution is -1.86. The van der Waals surface area contributed by atoms with Crippen molar-refractivity contribution in [1.82, 2.24) is 20.0 Å². The van der Waals surface area contributed by atoms with E-state index in [-0.39, 0.29) is 0 Å². The Morgan fingerprint density at radius 1 is 1.62 bits per heavy atom. The standard InChI is InChI=1S/C6H7N5S2/c1-11-2-4(7)5(10-11)13-6-9-8-3-12-6/h2-3H,7H2,1H3. The molecule has 0 atom stereocenters. The molecule has 0 amide bonds. The summed E-state index contributed by atoms with van der Waals surface area (Å²) in [4.78, 5) is 0. The van der Waals surface area contributed by atoms with Crippen molar-refractivity contribution in [2.75, 3.05) is 5.73 Å². The number of rotatable bonds is 2. The van der Waals surface area contributed by atoms with E-state index >= 15 is 0 Å². The molecule has 0 radical (unpaired) electrons. The molecule has 68 valence electrons. The molecule has 0 aromatic carbocycles. The van der Waals surface area contributed by atoms with E-state index in [0.29, 0.717) is 5.69 Å². The highest BCUT2D eigenvalue weighted by Crippen LogP contribution is 2.30. The number of aromatic nitrogens is 4. The number of hydrogen-bond donors (Lipinski definition) is 1. The van der Waals surface area contributed by atoms with Crippen LogP contribution in [0.2, 0.25) is 0 Å². The molecule has 2 N–H and O–H groups in total. The number of hydrogen-bond acceptors (Lipinski definition) is 6. The topological polar surface area (TPSA) is 69.6 Å². The quantitative estimate of drug-likeness (QED) is 0.806. The average molecular weight is 213 g/mol. The molecule has 13 heavy (non-hydrogen) atoms. The summed E-state index contributed by atoms with van der Waals surface area (Å²) in [6.45, 7) is 0. The van der Waals surface area contributed by atoms with Crippen LogP contribution in [0.1, 0.15) is 0 Å². The molecule has 2 heterocycles. The van der Waals surface area contributed by atoms with Crippen molar-refractivity contribution in [3.8, 4) is 0 Å². The first-order valence-corrected chi connectivity index (χ1v) is 5.18. The summed E-state index contributed by atoms with van der Waals surface area (Å²) in [6.07, 6.45) is 1.77. The molecule has 0 aliphatic rings. The van der Waals surface area contributed by atoms with Crippen molar-refractivity contribution in [3.63, 3.8) is 0 Å². The molecular weight excluding hydrogens is 206 g/mol. The second kappa shape index (κ2) is 3.35. The van der Waals surface area contributed by atoms with E-state index in [0.717, 1.165) is 9.37 Å². The van der Waals surface area contributed by atoms with Crippen molar-refractivity contribution in [2.45, 2.75) is 9.37 Å². The molecule has 5 nitrogen and oxygen atoms in total. The predicted octanol–water partition coefficient (Wildman–Crippen LogP) is 1.01. The summed E-state index contributed by atoms with van der Waals surface area (Å²) >= 11 is 2.90. The molecular formula is C6H7N5S2. The van der Waals surface area contributed by atoms with Crippen molar-refractivity contribution >= 4 is 28.8 Å². The van der Waals surface area contributed by atoms with Crippen LogP contribution in [0.5, 0.6) is 0 Å². The van der Waals surface area contributed by atoms with Gasteiger partial charge in [-0.05, 0) is 11.8 Å². The maximum Gasteiger partial charge on any atom is 0.180 e. The Hall–Kier alpha value is -1.08. The molecule has 0 saturated heterocycles. The first-order valence-electron chi connectivity index (χ1n) is 3.49. The Balaban J connectivity index is 2.23. The van der Waals surface area contributed by atoms with Crippen molar-refractivity contribution < 1.29 is 0 Å². The average Bonchev–Trinajstić information content (AvgIpc) is 2.63. The van der Waals surface area contributed by atoms with Gasteiger partial charge in [0.05, 0.1) is 5.69 Å². The Morgan fingerprint density at radius 2 is 2.46 bits per heavy atom. The van der Waals surface area contributed by atoms with Crippen LogP contribution in [0.3, 0.4) is 0 Å². The predicted molar refractivity (Wildman–Crippen MR) is 51.7 cm³/mol. The smallest absolute Gasteiger partial charge is 0.180 e. The maximum absolute atomic E-state index is 5.71. The van der Waals surface area contributed by atoms with E-state index in [9.17, 15) is 0 Å². The summed E-state index contributed by atoms with van der Waals surface area (Å²) in [5.74, 6) is 0. The minimum absolute atomic E-state index is 0.669. The van der Waals surface area contributed by atoms with Crippen LogP contribution < -0.4 is 5.73 Å². The lowest BCUT2D eigenvalue weighted by atomic mass is 10.6. The second-order valence-electron chi connectivity index (χ2n) is 2.37. The van der Waals surface area contributed by atoms with Crippen molar-refractivity contribution in [1.29, 1.82) is 0 Å². The van der Waals surface area contributed by atoms with Crippen LogP contribution in [0.15, 0.2) is 21.1 Å². The Bertz CT molecular complexity index is 393. The molecule has 0 saturated carbocycles. The lowest BCUT2D eigenvalue weighted by Gasteiger charge is -1.90. The zero-order valence-electron chi connectivity index (χ0n) is 6.84. The molecule has 0 aliphatic heterocycles. The van der Waals surface area contributed by atoms with E-state index in [4.69, 9.17) is 5.73 Å². The van der Waals surface area contributed by atoms with E-state index in [1.54, 1.807) is 16.4 Å². The van der Waals surface area contributed by atoms with Gasteiger partial charge in [0.1, 0.15) is 10.5 Å². The summed E-state index contributed by atoms with van der Waals surface area (Å²) in [5, 5.41) is 12.6. The van der Waals surface area contributed by atoms with Gasteiger partial charge in [0.2, 0.25) is 0 Å². The molecule has 0 unspecified atom stereocenters. The maximum atomic E-state index is 5.71. The lowest BCUT2D eigenvalue weighted by molar-refractivity contribution is 0.738. The van der Waals surface area contributed by atoms with E-state index in [1.807, 2.05) is 7.05 Å². The first-order chi connectivity index (χ1) is 6.25. The number of nitrogens with zero attached hydrogens (tertiary/aromatic N) is 4. The zero-order valence-corrected chi connectivity index (χ0v) is 8.47. The van der Waals surface area contributed by atoms with Crippen molar-refractivity contribution in [3.05, 3.63) is 11.7 Å². The van der Waals surface area contributed by atoms with E-state index in [1.165, 1.54) is 23.1 Å². The van der Waals surface area contributed by atoms with Gasteiger partial charge in [-0.15, -0.1) is 10.2 Å². The Morgan fingerprint density at radius 3 is 3.00 bits per heavy atom. The molecule has 2 aromatic rings. The fourth-order valence-corrected chi connectivity index (χ4v) is 2.29. The van der Waals surface area contributed by atoms with Crippen LogP contribution in [-0.2, 0) is 7.05 Å². The third-order valence-corrected chi connectivity index (χ3v) is 3.13. The van der Waals surface area contributed by atoms with Crippen LogP contribution in [0.4, 0.5) is 5.69 Å². The highest BCUT2D eigenvalue weighted by Gasteiger charge is 2.07. The van der Waals surface area contributed by atoms with Gasteiger partial charge >= 0.3 is 0 Å². The van der Waals surface area contributed by atoms with Crippen LogP contribution in [0.25, 0.3) is 0 Å². The molecule has 2 aromatic heterocycles. The fraction of sp³-hybridized carbons (Fsp3) is 0.167. The number of nitrogen functional groups attached to an aromatic ring is 1. The monoisotopic (exact) mass is 213 g/mol. The summed E-state index contributed by atoms with van der Waals surface area (Å²) in [7, 11) is 1.83. The summed E-state index contributed by atoms with van der Waals surface area (Å²) in [6, 6.07) is 0. The van der Waals surface area contributed by atoms with Gasteiger partial charge in [-0.1, -0.05) is 11.3 Å². The van der Waals surface area contributed by atoms with Gasteiger partial charge in [0.25, 0.3) is 0 Å². The number of anilines is 1. The SMILES string of the molecule is Cn1cc(N)c(Sc2nncs2)n1. The van der Waals surface area contributed by atoms with E-state index in [2.05, 4.69) is 15.3 Å². The summed E-state index contributed by atoms with van der Waals surface area (Å²) in [5.41, 5.74) is 8.06. The fourth-order valence-electron chi connectivity index (χ4n) is 0.856. The van der Waals surface area contributed by atoms with Crippen LogP contribution in [-0.4, -0.2) is 20.0 Å². The molecule has 0 bridgehead atoms. The highest BCUT2D eigenvalue weighted by molar-refractivity contribution is 8.01. The third kappa shape index (κ3) is 1.81. The minimum atomic E-state index is 0.669. The second-order valence-corrected chi connectivity index (χ2v) is 4.44. The Labute approximate surface area is 83.0 Å². The van der Waals surface area contributed by atoms with Crippen LogP contribution >= 0.6 is 23.1 Å². The van der Waals surface area contributed by atoms with Gasteiger partial charge < -0.3 is 5.73 Å². The number of nitrogens with two attached hydrogens (primary N) is 1. The molecule has 0 aliphatic carbocycles. The molecule has 0 spiro atoms. The highest BCUT2D eigenvalue weighted by atomic mass is 32.2. The van der Waals surface area contributed by atoms with Crippen LogP contribution in [0, 0.1) is 0 Å². The Kier molecular flexibility index (Phi) is 2.19. The van der Waals surface area contributed by atoms with Gasteiger partial charge in [0.15, 0.2) is 4.34 Å². The first kappa shape index (κ1) is 8.52. The van der Waals surface area contributed by atoms with Crippen molar-refractivity contribution in [2.24, 2.45) is 7.05 Å². The third-order valence-electron chi connectivity index (χ3n) is 1.35. The van der Waals surface area contributed by atoms with Gasteiger partial charge in [-0.3, -0.25) is 4.68 Å². The normalized spacial score (nSPS) is 10.5.